The Morgan fingerprint density at radius 2 is 1.96 bits per heavy atom. The summed E-state index contributed by atoms with van der Waals surface area (Å²) in [6.07, 6.45) is 6.72. The Labute approximate surface area is 137 Å². The van der Waals surface area contributed by atoms with Crippen molar-refractivity contribution in [3.63, 3.8) is 0 Å². The minimum Gasteiger partial charge on any atom is -0.355 e. The lowest BCUT2D eigenvalue weighted by Crippen LogP contribution is -2.42. The molecule has 0 bridgehead atoms. The zero-order valence-corrected chi connectivity index (χ0v) is 14.0. The van der Waals surface area contributed by atoms with Gasteiger partial charge in [0.15, 0.2) is 0 Å². The van der Waals surface area contributed by atoms with Crippen LogP contribution in [0.2, 0.25) is 0 Å². The summed E-state index contributed by atoms with van der Waals surface area (Å²) in [5, 5.41) is 3.05. The van der Waals surface area contributed by atoms with Crippen LogP contribution in [0.4, 0.5) is 0 Å². The SMILES string of the molecule is CC(=O)N1CCC(C(=O)NCCc2ncc(C)n2C2CC2)CC1. The summed E-state index contributed by atoms with van der Waals surface area (Å²) in [6.45, 7) is 5.70. The summed E-state index contributed by atoms with van der Waals surface area (Å²) in [6, 6.07) is 0.624. The highest BCUT2D eigenvalue weighted by molar-refractivity contribution is 5.79. The smallest absolute Gasteiger partial charge is 0.223 e. The highest BCUT2D eigenvalue weighted by Gasteiger charge is 2.28. The number of nitrogens with zero attached hydrogens (tertiary/aromatic N) is 3. The highest BCUT2D eigenvalue weighted by atomic mass is 16.2. The number of likely N-dealkylation sites (tertiary alicyclic amines) is 1. The van der Waals surface area contributed by atoms with Crippen LogP contribution in [0.15, 0.2) is 6.20 Å². The fourth-order valence-electron chi connectivity index (χ4n) is 3.41. The maximum atomic E-state index is 12.3. The molecular formula is C17H26N4O2. The molecule has 1 aliphatic heterocycles. The van der Waals surface area contributed by atoms with E-state index >= 15 is 0 Å². The number of amides is 2. The molecule has 2 amide bonds. The molecule has 1 aromatic heterocycles. The van der Waals surface area contributed by atoms with Gasteiger partial charge in [0.1, 0.15) is 5.82 Å². The van der Waals surface area contributed by atoms with E-state index in [4.69, 9.17) is 0 Å². The lowest BCUT2D eigenvalue weighted by molar-refractivity contribution is -0.133. The second-order valence-electron chi connectivity index (χ2n) is 6.74. The number of nitrogens with one attached hydrogen (secondary N) is 1. The predicted molar refractivity (Wildman–Crippen MR) is 86.9 cm³/mol. The quantitative estimate of drug-likeness (QED) is 0.893. The number of piperidine rings is 1. The van der Waals surface area contributed by atoms with Gasteiger partial charge in [-0.2, -0.15) is 0 Å². The first-order valence-corrected chi connectivity index (χ1v) is 8.62. The molecule has 0 aromatic carbocycles. The van der Waals surface area contributed by atoms with Gasteiger partial charge < -0.3 is 14.8 Å². The topological polar surface area (TPSA) is 67.2 Å². The first-order chi connectivity index (χ1) is 11.1. The predicted octanol–water partition coefficient (Wildman–Crippen LogP) is 1.44. The van der Waals surface area contributed by atoms with Crippen molar-refractivity contribution in [2.24, 2.45) is 5.92 Å². The van der Waals surface area contributed by atoms with Gasteiger partial charge in [-0.1, -0.05) is 0 Å². The Morgan fingerprint density at radius 3 is 2.57 bits per heavy atom. The van der Waals surface area contributed by atoms with Crippen LogP contribution in [0.5, 0.6) is 0 Å². The van der Waals surface area contributed by atoms with Crippen LogP contribution in [0.25, 0.3) is 0 Å². The van der Waals surface area contributed by atoms with E-state index < -0.39 is 0 Å². The van der Waals surface area contributed by atoms with E-state index in [9.17, 15) is 9.59 Å². The fourth-order valence-corrected chi connectivity index (χ4v) is 3.41. The summed E-state index contributed by atoms with van der Waals surface area (Å²) in [7, 11) is 0. The van der Waals surface area contributed by atoms with E-state index in [2.05, 4.69) is 21.8 Å². The normalized spacial score (nSPS) is 19.0. The second-order valence-corrected chi connectivity index (χ2v) is 6.74. The van der Waals surface area contributed by atoms with Crippen LogP contribution in [-0.2, 0) is 16.0 Å². The number of hydrogen-bond acceptors (Lipinski definition) is 3. The fraction of sp³-hybridized carbons (Fsp3) is 0.706. The molecule has 2 aliphatic rings. The van der Waals surface area contributed by atoms with Gasteiger partial charge in [-0.25, -0.2) is 4.98 Å². The average molecular weight is 318 g/mol. The lowest BCUT2D eigenvalue weighted by atomic mass is 9.96. The number of carbonyl (C=O) groups is 2. The van der Waals surface area contributed by atoms with E-state index in [0.29, 0.717) is 25.7 Å². The Balaban J connectivity index is 1.44. The zero-order valence-electron chi connectivity index (χ0n) is 14.0. The molecule has 1 aromatic rings. The third-order valence-corrected chi connectivity index (χ3v) is 4.93. The molecule has 1 N–H and O–H groups in total. The molecule has 0 spiro atoms. The summed E-state index contributed by atoms with van der Waals surface area (Å²) >= 11 is 0. The van der Waals surface area contributed by atoms with Gasteiger partial charge >= 0.3 is 0 Å². The van der Waals surface area contributed by atoms with Crippen molar-refractivity contribution in [3.8, 4) is 0 Å². The van der Waals surface area contributed by atoms with Gasteiger partial charge in [-0.15, -0.1) is 0 Å². The molecule has 1 saturated carbocycles. The second kappa shape index (κ2) is 6.72. The van der Waals surface area contributed by atoms with Crippen molar-refractivity contribution in [2.75, 3.05) is 19.6 Å². The molecular weight excluding hydrogens is 292 g/mol. The first-order valence-electron chi connectivity index (χ1n) is 8.62. The number of rotatable bonds is 5. The van der Waals surface area contributed by atoms with Crippen LogP contribution in [0.3, 0.4) is 0 Å². The number of aromatic nitrogens is 2. The Bertz CT molecular complexity index is 583. The van der Waals surface area contributed by atoms with Crippen LogP contribution < -0.4 is 5.32 Å². The average Bonchev–Trinajstić information content (AvgIpc) is 3.31. The molecule has 3 rings (SSSR count). The van der Waals surface area contributed by atoms with Gasteiger partial charge in [-0.05, 0) is 32.6 Å². The van der Waals surface area contributed by atoms with Crippen molar-refractivity contribution in [3.05, 3.63) is 17.7 Å². The molecule has 0 radical (unpaired) electrons. The van der Waals surface area contributed by atoms with E-state index in [0.717, 1.165) is 25.1 Å². The summed E-state index contributed by atoms with van der Waals surface area (Å²) < 4.78 is 2.32. The number of imidazole rings is 1. The maximum Gasteiger partial charge on any atom is 0.223 e. The van der Waals surface area contributed by atoms with Crippen LogP contribution >= 0.6 is 0 Å². The van der Waals surface area contributed by atoms with Crippen molar-refractivity contribution in [1.29, 1.82) is 0 Å². The minimum absolute atomic E-state index is 0.0375. The van der Waals surface area contributed by atoms with E-state index in [-0.39, 0.29) is 17.7 Å². The van der Waals surface area contributed by atoms with Crippen LogP contribution in [-0.4, -0.2) is 45.9 Å². The van der Waals surface area contributed by atoms with Crippen molar-refractivity contribution in [1.82, 2.24) is 19.8 Å². The van der Waals surface area contributed by atoms with Crippen molar-refractivity contribution in [2.45, 2.75) is 52.0 Å². The molecule has 126 valence electrons. The molecule has 0 atom stereocenters. The van der Waals surface area contributed by atoms with E-state index in [1.807, 2.05) is 11.1 Å². The molecule has 2 heterocycles. The van der Waals surface area contributed by atoms with Gasteiger partial charge in [-0.3, -0.25) is 9.59 Å². The molecule has 6 heteroatoms. The molecule has 2 fully saturated rings. The summed E-state index contributed by atoms with van der Waals surface area (Å²) in [5.74, 6) is 1.34. The maximum absolute atomic E-state index is 12.3. The standard InChI is InChI=1S/C17H26N4O2/c1-12-11-19-16(21(12)15-3-4-15)5-8-18-17(23)14-6-9-20(10-7-14)13(2)22/h11,14-15H,3-10H2,1-2H3,(H,18,23). The summed E-state index contributed by atoms with van der Waals surface area (Å²) in [5.41, 5.74) is 1.21. The largest absolute Gasteiger partial charge is 0.355 e. The van der Waals surface area contributed by atoms with E-state index in [1.54, 1.807) is 6.92 Å². The number of aryl methyl sites for hydroxylation is 1. The third kappa shape index (κ3) is 3.74. The molecule has 0 unspecified atom stereocenters. The monoisotopic (exact) mass is 318 g/mol. The first kappa shape index (κ1) is 16.0. The van der Waals surface area contributed by atoms with Crippen molar-refractivity contribution >= 4 is 11.8 Å². The minimum atomic E-state index is 0.0375. The van der Waals surface area contributed by atoms with Crippen molar-refractivity contribution < 1.29 is 9.59 Å². The number of carbonyl (C=O) groups excluding carboxylic acids is 2. The molecule has 6 nitrogen and oxygen atoms in total. The van der Waals surface area contributed by atoms with Gasteiger partial charge in [0.25, 0.3) is 0 Å². The Morgan fingerprint density at radius 1 is 1.26 bits per heavy atom. The molecule has 1 aliphatic carbocycles. The molecule has 1 saturated heterocycles. The van der Waals surface area contributed by atoms with Gasteiger partial charge in [0.2, 0.25) is 11.8 Å². The van der Waals surface area contributed by atoms with Gasteiger partial charge in [0.05, 0.1) is 0 Å². The zero-order chi connectivity index (χ0) is 16.4. The Kier molecular flexibility index (Phi) is 4.68. The van der Waals surface area contributed by atoms with Crippen LogP contribution in [0, 0.1) is 12.8 Å². The third-order valence-electron chi connectivity index (χ3n) is 4.93. The van der Waals surface area contributed by atoms with E-state index in [1.165, 1.54) is 18.5 Å². The summed E-state index contributed by atoms with van der Waals surface area (Å²) in [4.78, 5) is 29.9. The molecule has 23 heavy (non-hydrogen) atoms. The Hall–Kier alpha value is -1.85. The lowest BCUT2D eigenvalue weighted by Gasteiger charge is -2.30. The van der Waals surface area contributed by atoms with Crippen LogP contribution in [0.1, 0.15) is 50.2 Å². The van der Waals surface area contributed by atoms with Gasteiger partial charge in [0, 0.05) is 56.8 Å². The number of hydrogen-bond donors (Lipinski definition) is 1. The highest BCUT2D eigenvalue weighted by Crippen LogP contribution is 2.36.